The normalized spacial score (nSPS) is 31.1. The van der Waals surface area contributed by atoms with Gasteiger partial charge in [-0.05, 0) is 50.5 Å². The monoisotopic (exact) mass is 266 g/mol. The second-order valence-electron chi connectivity index (χ2n) is 6.78. The van der Waals surface area contributed by atoms with Gasteiger partial charge in [-0.25, -0.2) is 0 Å². The summed E-state index contributed by atoms with van der Waals surface area (Å²) in [7, 11) is 0. The lowest BCUT2D eigenvalue weighted by molar-refractivity contribution is 0.0394. The molecule has 0 aromatic carbocycles. The van der Waals surface area contributed by atoms with Crippen LogP contribution in [0.5, 0.6) is 0 Å². The summed E-state index contributed by atoms with van der Waals surface area (Å²) in [5.41, 5.74) is 0. The summed E-state index contributed by atoms with van der Waals surface area (Å²) in [6, 6.07) is 1.61. The predicted octanol–water partition coefficient (Wildman–Crippen LogP) is 3.67. The van der Waals surface area contributed by atoms with E-state index in [0.29, 0.717) is 0 Å². The Bertz CT molecular complexity index is 250. The van der Waals surface area contributed by atoms with Gasteiger partial charge in [0.15, 0.2) is 0 Å². The molecular weight excluding hydrogens is 232 g/mol. The lowest BCUT2D eigenvalue weighted by Gasteiger charge is -2.47. The molecule has 112 valence electrons. The van der Waals surface area contributed by atoms with E-state index in [-0.39, 0.29) is 0 Å². The highest BCUT2D eigenvalue weighted by Gasteiger charge is 2.35. The molecule has 3 atom stereocenters. The van der Waals surface area contributed by atoms with Gasteiger partial charge in [-0.2, -0.15) is 0 Å². The number of piperidine rings is 1. The second-order valence-corrected chi connectivity index (χ2v) is 6.78. The van der Waals surface area contributed by atoms with Crippen LogP contribution in [-0.2, 0) is 0 Å². The highest BCUT2D eigenvalue weighted by Crippen LogP contribution is 2.35. The van der Waals surface area contributed by atoms with Crippen molar-refractivity contribution in [1.82, 2.24) is 10.2 Å². The van der Waals surface area contributed by atoms with E-state index in [0.717, 1.165) is 23.9 Å². The molecule has 1 saturated heterocycles. The lowest BCUT2D eigenvalue weighted by atomic mass is 9.77. The summed E-state index contributed by atoms with van der Waals surface area (Å²) >= 11 is 0. The van der Waals surface area contributed by atoms with E-state index in [1.54, 1.807) is 0 Å². The third-order valence-electron chi connectivity index (χ3n) is 5.41. The third-order valence-corrected chi connectivity index (χ3v) is 5.41. The number of nitrogens with one attached hydrogen (secondary N) is 1. The summed E-state index contributed by atoms with van der Waals surface area (Å²) < 4.78 is 0. The molecule has 19 heavy (non-hydrogen) atoms. The zero-order valence-corrected chi connectivity index (χ0v) is 13.3. The van der Waals surface area contributed by atoms with E-state index in [1.165, 1.54) is 64.6 Å². The van der Waals surface area contributed by atoms with Gasteiger partial charge >= 0.3 is 0 Å². The van der Waals surface area contributed by atoms with Gasteiger partial charge in [-0.15, -0.1) is 0 Å². The van der Waals surface area contributed by atoms with Gasteiger partial charge in [0.05, 0.1) is 0 Å². The molecule has 1 aliphatic carbocycles. The number of hydrogen-bond acceptors (Lipinski definition) is 2. The van der Waals surface area contributed by atoms with Crippen molar-refractivity contribution in [2.24, 2.45) is 11.8 Å². The number of nitrogens with zero attached hydrogens (tertiary/aromatic N) is 1. The minimum Gasteiger partial charge on any atom is -0.313 e. The fourth-order valence-corrected chi connectivity index (χ4v) is 4.02. The molecule has 0 spiro atoms. The molecule has 0 aromatic rings. The molecule has 2 heteroatoms. The molecule has 0 aromatic heterocycles. The fourth-order valence-electron chi connectivity index (χ4n) is 4.02. The quantitative estimate of drug-likeness (QED) is 0.756. The van der Waals surface area contributed by atoms with E-state index in [4.69, 9.17) is 0 Å². The second kappa shape index (κ2) is 7.64. The Kier molecular flexibility index (Phi) is 6.15. The minimum atomic E-state index is 0.743. The molecule has 1 aliphatic heterocycles. The van der Waals surface area contributed by atoms with Crippen molar-refractivity contribution in [2.75, 3.05) is 19.6 Å². The topological polar surface area (TPSA) is 15.3 Å². The summed E-state index contributed by atoms with van der Waals surface area (Å²) in [6.45, 7) is 10.9. The fraction of sp³-hybridized carbons (Fsp3) is 1.00. The van der Waals surface area contributed by atoms with Crippen molar-refractivity contribution in [3.05, 3.63) is 0 Å². The molecule has 2 rings (SSSR count). The van der Waals surface area contributed by atoms with Gasteiger partial charge in [0.25, 0.3) is 0 Å². The summed E-state index contributed by atoms with van der Waals surface area (Å²) in [5, 5.41) is 3.78. The highest BCUT2D eigenvalue weighted by atomic mass is 15.2. The van der Waals surface area contributed by atoms with Gasteiger partial charge in [0.1, 0.15) is 0 Å². The van der Waals surface area contributed by atoms with Crippen LogP contribution >= 0.6 is 0 Å². The highest BCUT2D eigenvalue weighted by molar-refractivity contribution is 4.90. The van der Waals surface area contributed by atoms with Crippen molar-refractivity contribution >= 4 is 0 Å². The number of hydrogen-bond donors (Lipinski definition) is 1. The van der Waals surface area contributed by atoms with Crippen molar-refractivity contribution in [3.63, 3.8) is 0 Å². The third kappa shape index (κ3) is 3.95. The molecule has 0 bridgehead atoms. The lowest BCUT2D eigenvalue weighted by Crippen LogP contribution is -2.55. The molecule has 1 heterocycles. The average molecular weight is 266 g/mol. The van der Waals surface area contributed by atoms with E-state index < -0.39 is 0 Å². The van der Waals surface area contributed by atoms with Crippen LogP contribution in [0.2, 0.25) is 0 Å². The van der Waals surface area contributed by atoms with Crippen LogP contribution in [0.3, 0.4) is 0 Å². The van der Waals surface area contributed by atoms with E-state index >= 15 is 0 Å². The molecule has 2 fully saturated rings. The molecule has 2 nitrogen and oxygen atoms in total. The Balaban J connectivity index is 1.92. The Morgan fingerprint density at radius 3 is 2.47 bits per heavy atom. The SMILES string of the molecule is CCCNC1CC(CC)CN(C(CC)C2CCC2)C1. The van der Waals surface area contributed by atoms with Gasteiger partial charge in [0, 0.05) is 25.2 Å². The maximum Gasteiger partial charge on any atom is 0.0198 e. The first kappa shape index (κ1) is 15.3. The van der Waals surface area contributed by atoms with Gasteiger partial charge in [-0.3, -0.25) is 4.90 Å². The van der Waals surface area contributed by atoms with E-state index in [9.17, 15) is 0 Å². The molecular formula is C17H34N2. The zero-order valence-electron chi connectivity index (χ0n) is 13.3. The largest absolute Gasteiger partial charge is 0.313 e. The zero-order chi connectivity index (χ0) is 13.7. The van der Waals surface area contributed by atoms with Crippen molar-refractivity contribution in [2.45, 2.75) is 77.8 Å². The molecule has 0 radical (unpaired) electrons. The maximum absolute atomic E-state index is 3.78. The molecule has 2 aliphatic rings. The van der Waals surface area contributed by atoms with Crippen LogP contribution in [0.25, 0.3) is 0 Å². The Hall–Kier alpha value is -0.0800. The number of likely N-dealkylation sites (tertiary alicyclic amines) is 1. The number of rotatable bonds is 7. The van der Waals surface area contributed by atoms with Crippen molar-refractivity contribution < 1.29 is 0 Å². The summed E-state index contributed by atoms with van der Waals surface area (Å²) in [6.07, 6.45) is 9.80. The maximum atomic E-state index is 3.78. The van der Waals surface area contributed by atoms with Gasteiger partial charge in [0.2, 0.25) is 0 Å². The smallest absolute Gasteiger partial charge is 0.0198 e. The Morgan fingerprint density at radius 2 is 1.95 bits per heavy atom. The minimum absolute atomic E-state index is 0.743. The van der Waals surface area contributed by atoms with Crippen LogP contribution in [0.1, 0.15) is 65.7 Å². The summed E-state index contributed by atoms with van der Waals surface area (Å²) in [5.74, 6) is 1.92. The van der Waals surface area contributed by atoms with Crippen LogP contribution in [-0.4, -0.2) is 36.6 Å². The Morgan fingerprint density at radius 1 is 1.16 bits per heavy atom. The Labute approximate surface area is 120 Å². The molecule has 0 amide bonds. The van der Waals surface area contributed by atoms with E-state index in [1.807, 2.05) is 0 Å². The van der Waals surface area contributed by atoms with Crippen LogP contribution in [0.15, 0.2) is 0 Å². The first-order chi connectivity index (χ1) is 9.28. The van der Waals surface area contributed by atoms with E-state index in [2.05, 4.69) is 31.0 Å². The first-order valence-electron chi connectivity index (χ1n) is 8.75. The average Bonchev–Trinajstić information content (AvgIpc) is 2.39. The standard InChI is InChI=1S/C17H34N2/c1-4-10-18-16-11-14(5-2)12-19(13-16)17(6-3)15-8-7-9-15/h14-18H,4-13H2,1-3H3. The molecule has 1 saturated carbocycles. The van der Waals surface area contributed by atoms with Gasteiger partial charge < -0.3 is 5.32 Å². The predicted molar refractivity (Wildman–Crippen MR) is 83.5 cm³/mol. The van der Waals surface area contributed by atoms with Crippen LogP contribution in [0.4, 0.5) is 0 Å². The van der Waals surface area contributed by atoms with Crippen LogP contribution < -0.4 is 5.32 Å². The van der Waals surface area contributed by atoms with Gasteiger partial charge in [-0.1, -0.05) is 33.6 Å². The first-order valence-corrected chi connectivity index (χ1v) is 8.75. The molecule has 3 unspecified atom stereocenters. The molecule has 1 N–H and O–H groups in total. The van der Waals surface area contributed by atoms with Crippen LogP contribution in [0, 0.1) is 11.8 Å². The van der Waals surface area contributed by atoms with Crippen molar-refractivity contribution in [3.8, 4) is 0 Å². The van der Waals surface area contributed by atoms with Crippen molar-refractivity contribution in [1.29, 1.82) is 0 Å². The summed E-state index contributed by atoms with van der Waals surface area (Å²) in [4.78, 5) is 2.84.